The summed E-state index contributed by atoms with van der Waals surface area (Å²) in [5.74, 6) is -2.01. The average molecular weight is 538 g/mol. The average Bonchev–Trinajstić information content (AvgIpc) is 2.87. The van der Waals surface area contributed by atoms with Gasteiger partial charge in [-0.15, -0.1) is 0 Å². The van der Waals surface area contributed by atoms with Crippen LogP contribution in [-0.2, 0) is 9.84 Å². The summed E-state index contributed by atoms with van der Waals surface area (Å²) in [6.07, 6.45) is 0.702. The van der Waals surface area contributed by atoms with Gasteiger partial charge in [0.15, 0.2) is 32.2 Å². The van der Waals surface area contributed by atoms with Crippen LogP contribution in [0.15, 0.2) is 59.5 Å². The summed E-state index contributed by atoms with van der Waals surface area (Å²) in [6.45, 7) is 0. The minimum Gasteiger partial charge on any atom is -0.507 e. The van der Waals surface area contributed by atoms with Gasteiger partial charge < -0.3 is 20.7 Å². The lowest BCUT2D eigenvalue weighted by Crippen LogP contribution is -2.18. The number of benzene rings is 3. The van der Waals surface area contributed by atoms with E-state index in [-0.39, 0.29) is 45.7 Å². The van der Waals surface area contributed by atoms with Crippen molar-refractivity contribution in [3.63, 3.8) is 0 Å². The van der Waals surface area contributed by atoms with Crippen LogP contribution in [0.5, 0.6) is 17.2 Å². The van der Waals surface area contributed by atoms with Gasteiger partial charge in [-0.05, 0) is 36.4 Å². The van der Waals surface area contributed by atoms with E-state index in [4.69, 9.17) is 10.5 Å². The van der Waals surface area contributed by atoms with E-state index < -0.39 is 36.8 Å². The molecule has 4 aromatic rings. The number of carbonyl (C=O) groups excluding carboxylic acids is 1. The topological polar surface area (TPSA) is 209 Å². The van der Waals surface area contributed by atoms with Gasteiger partial charge in [-0.2, -0.15) is 0 Å². The lowest BCUT2D eigenvalue weighted by Gasteiger charge is -2.13. The first kappa shape index (κ1) is 26.0. The lowest BCUT2D eigenvalue weighted by molar-refractivity contribution is -0.387. The molecule has 38 heavy (non-hydrogen) atoms. The molecule has 0 radical (unpaired) electrons. The van der Waals surface area contributed by atoms with Crippen molar-refractivity contribution in [3.05, 3.63) is 70.3 Å². The second-order valence-electron chi connectivity index (χ2n) is 7.94. The van der Waals surface area contributed by atoms with E-state index in [1.165, 1.54) is 37.4 Å². The number of hydrogen-bond donors (Lipinski definition) is 3. The molecule has 0 unspecified atom stereocenters. The molecule has 0 spiro atoms. The first-order chi connectivity index (χ1) is 17.9. The first-order valence-corrected chi connectivity index (χ1v) is 12.5. The Morgan fingerprint density at radius 1 is 0.921 bits per heavy atom. The highest BCUT2D eigenvalue weighted by Crippen LogP contribution is 2.39. The normalized spacial score (nSPS) is 11.2. The Hall–Kier alpha value is -5.11. The molecule has 0 fully saturated rings. The van der Waals surface area contributed by atoms with Gasteiger partial charge >= 0.3 is 0 Å². The van der Waals surface area contributed by atoms with E-state index in [1.807, 2.05) is 0 Å². The van der Waals surface area contributed by atoms with Crippen molar-refractivity contribution in [2.75, 3.05) is 13.4 Å². The Kier molecular flexibility index (Phi) is 6.66. The Morgan fingerprint density at radius 3 is 1.97 bits per heavy atom. The second kappa shape index (κ2) is 9.74. The molecule has 1 amide bonds. The number of nitro groups is 1. The highest BCUT2D eigenvalue weighted by atomic mass is 32.2. The largest absolute Gasteiger partial charge is 0.507 e. The number of ether oxygens (including phenoxy) is 1. The molecular formula is C24H19N5O8S. The monoisotopic (exact) mass is 537 g/mol. The molecule has 0 aliphatic carbocycles. The number of nitrogens with two attached hydrogens (primary N) is 1. The summed E-state index contributed by atoms with van der Waals surface area (Å²) in [5, 5.41) is 33.1. The highest BCUT2D eigenvalue weighted by molar-refractivity contribution is 7.91. The van der Waals surface area contributed by atoms with Crippen molar-refractivity contribution in [3.8, 4) is 51.4 Å². The lowest BCUT2D eigenvalue weighted by atomic mass is 10.1. The predicted molar refractivity (Wildman–Crippen MR) is 134 cm³/mol. The number of methoxy groups -OCH3 is 1. The zero-order valence-electron chi connectivity index (χ0n) is 19.8. The third-order valence-corrected chi connectivity index (χ3v) is 6.57. The third kappa shape index (κ3) is 4.79. The second-order valence-corrected chi connectivity index (χ2v) is 9.89. The van der Waals surface area contributed by atoms with E-state index in [0.717, 1.165) is 12.1 Å². The number of rotatable bonds is 7. The van der Waals surface area contributed by atoms with E-state index in [9.17, 15) is 33.5 Å². The molecule has 3 aromatic carbocycles. The van der Waals surface area contributed by atoms with Crippen molar-refractivity contribution >= 4 is 21.4 Å². The summed E-state index contributed by atoms with van der Waals surface area (Å²) >= 11 is 0. The van der Waals surface area contributed by atoms with E-state index in [1.54, 1.807) is 12.1 Å². The Balaban J connectivity index is 2.11. The molecule has 0 saturated heterocycles. The Bertz CT molecular complexity index is 1720. The number of nitrogens with zero attached hydrogens (tertiary/aromatic N) is 4. The highest BCUT2D eigenvalue weighted by Gasteiger charge is 2.34. The van der Waals surface area contributed by atoms with Gasteiger partial charge in [0.1, 0.15) is 17.2 Å². The van der Waals surface area contributed by atoms with Crippen LogP contribution in [0.25, 0.3) is 34.2 Å². The summed E-state index contributed by atoms with van der Waals surface area (Å²) in [6, 6.07) is 12.4. The molecule has 13 nitrogen and oxygen atoms in total. The summed E-state index contributed by atoms with van der Waals surface area (Å²) in [7, 11) is -2.94. The van der Waals surface area contributed by atoms with Gasteiger partial charge in [0, 0.05) is 12.3 Å². The van der Waals surface area contributed by atoms with Gasteiger partial charge in [0.05, 0.1) is 34.3 Å². The van der Waals surface area contributed by atoms with E-state index in [2.05, 4.69) is 15.0 Å². The van der Waals surface area contributed by atoms with Crippen molar-refractivity contribution in [1.82, 2.24) is 15.0 Å². The molecule has 0 atom stereocenters. The van der Waals surface area contributed by atoms with Crippen LogP contribution in [0.1, 0.15) is 10.4 Å². The fourth-order valence-electron chi connectivity index (χ4n) is 3.73. The van der Waals surface area contributed by atoms with E-state index >= 15 is 0 Å². The number of amides is 1. The van der Waals surface area contributed by atoms with Gasteiger partial charge in [-0.1, -0.05) is 12.1 Å². The molecule has 0 aliphatic heterocycles. The minimum atomic E-state index is -4.34. The van der Waals surface area contributed by atoms with Gasteiger partial charge in [-0.3, -0.25) is 14.9 Å². The number of nitro benzene ring substituents is 1. The molecule has 14 heteroatoms. The number of aromatic hydroxyl groups is 2. The number of aromatic nitrogens is 3. The van der Waals surface area contributed by atoms with Crippen LogP contribution < -0.4 is 10.5 Å². The van der Waals surface area contributed by atoms with Gasteiger partial charge in [0.2, 0.25) is 5.91 Å². The third-order valence-electron chi connectivity index (χ3n) is 5.42. The van der Waals surface area contributed by atoms with Crippen LogP contribution in [0.3, 0.4) is 0 Å². The maximum absolute atomic E-state index is 12.6. The van der Waals surface area contributed by atoms with Crippen LogP contribution in [-0.4, -0.2) is 57.8 Å². The summed E-state index contributed by atoms with van der Waals surface area (Å²) < 4.78 is 30.2. The number of phenolic OH excluding ortho intramolecular Hbond substituents is 2. The SMILES string of the molecule is COc1ccc(-c2nc(-c3ccccc3O)nc(-c3ccc(C(N)=O)c(S(C)(=O)=O)c3[N+](=O)[O-])n2)c(O)c1. The minimum absolute atomic E-state index is 0.0888. The molecule has 194 valence electrons. The standard InChI is InChI=1S/C24H19N5O8S/c1-37-12-7-8-14(18(31)11-12)23-26-22(13-5-3-4-6-17(13)30)27-24(28-23)15-9-10-16(21(25)32)20(38(2,35)36)19(15)29(33)34/h3-11,30-31H,1-2H3,(H2,25,32). The molecule has 4 rings (SSSR count). The molecular weight excluding hydrogens is 518 g/mol. The first-order valence-electron chi connectivity index (χ1n) is 10.7. The molecule has 1 aromatic heterocycles. The quantitative estimate of drug-likeness (QED) is 0.230. The van der Waals surface area contributed by atoms with Crippen LogP contribution in [0.2, 0.25) is 0 Å². The smallest absolute Gasteiger partial charge is 0.299 e. The number of sulfone groups is 1. The molecule has 4 N–H and O–H groups in total. The van der Waals surface area contributed by atoms with Crippen LogP contribution in [0, 0.1) is 10.1 Å². The fourth-order valence-corrected chi connectivity index (χ4v) is 4.83. The fraction of sp³-hybridized carbons (Fsp3) is 0.0833. The van der Waals surface area contributed by atoms with Crippen molar-refractivity contribution in [2.45, 2.75) is 4.90 Å². The van der Waals surface area contributed by atoms with E-state index in [0.29, 0.717) is 12.0 Å². The summed E-state index contributed by atoms with van der Waals surface area (Å²) in [4.78, 5) is 35.0. The number of phenols is 2. The predicted octanol–water partition coefficient (Wildman–Crippen LogP) is 2.70. The number of hydrogen-bond acceptors (Lipinski definition) is 11. The van der Waals surface area contributed by atoms with Crippen LogP contribution in [0.4, 0.5) is 5.69 Å². The zero-order chi connectivity index (χ0) is 27.8. The molecule has 0 aliphatic rings. The Morgan fingerprint density at radius 2 is 1.47 bits per heavy atom. The van der Waals surface area contributed by atoms with Crippen LogP contribution >= 0.6 is 0 Å². The maximum Gasteiger partial charge on any atom is 0.299 e. The number of para-hydroxylation sites is 1. The number of primary amides is 1. The maximum atomic E-state index is 12.6. The van der Waals surface area contributed by atoms with Crippen molar-refractivity contribution in [2.24, 2.45) is 5.73 Å². The van der Waals surface area contributed by atoms with Gasteiger partial charge in [-0.25, -0.2) is 23.4 Å². The summed E-state index contributed by atoms with van der Waals surface area (Å²) in [5.41, 5.74) is 3.60. The molecule has 0 saturated carbocycles. The van der Waals surface area contributed by atoms with Gasteiger partial charge in [0.25, 0.3) is 5.69 Å². The Labute approximate surface area is 215 Å². The zero-order valence-corrected chi connectivity index (χ0v) is 20.6. The molecule has 0 bridgehead atoms. The van der Waals surface area contributed by atoms with Crippen molar-refractivity contribution in [1.29, 1.82) is 0 Å². The number of carbonyl (C=O) groups is 1. The molecule has 1 heterocycles. The van der Waals surface area contributed by atoms with Crippen molar-refractivity contribution < 1.29 is 33.1 Å².